The lowest BCUT2D eigenvalue weighted by molar-refractivity contribution is -0.144. The minimum atomic E-state index is -4.11. The summed E-state index contributed by atoms with van der Waals surface area (Å²) in [4.78, 5) is 10.9. The Hall–Kier alpha value is -0.660. The third-order valence-corrected chi connectivity index (χ3v) is 1.89. The molecule has 0 aliphatic carbocycles. The van der Waals surface area contributed by atoms with E-state index in [2.05, 4.69) is 4.74 Å². The van der Waals surface area contributed by atoms with Crippen molar-refractivity contribution in [2.24, 2.45) is 5.73 Å². The van der Waals surface area contributed by atoms with E-state index in [0.29, 0.717) is 0 Å². The van der Waals surface area contributed by atoms with Crippen molar-refractivity contribution in [2.45, 2.75) is 25.8 Å². The van der Waals surface area contributed by atoms with Crippen LogP contribution in [0.1, 0.15) is 20.3 Å². The summed E-state index contributed by atoms with van der Waals surface area (Å²) in [6.07, 6.45) is -0.366. The molecule has 84 valence electrons. The zero-order valence-electron chi connectivity index (χ0n) is 8.19. The van der Waals surface area contributed by atoms with Crippen LogP contribution in [0.25, 0.3) is 0 Å². The van der Waals surface area contributed by atoms with Crippen molar-refractivity contribution in [1.29, 1.82) is 0 Å². The van der Waals surface area contributed by atoms with Gasteiger partial charge in [0.05, 0.1) is 12.2 Å². The molecule has 3 N–H and O–H groups in total. The fraction of sp³-hybridized carbons (Fsp3) is 0.857. The van der Waals surface area contributed by atoms with Crippen LogP contribution < -0.4 is 5.73 Å². The highest BCUT2D eigenvalue weighted by Crippen LogP contribution is 1.99. The molecule has 0 saturated carbocycles. The number of hydrogen-bond acceptors (Lipinski definition) is 5. The molecule has 0 bridgehead atoms. The maximum absolute atomic E-state index is 10.9. The molecule has 6 nitrogen and oxygen atoms in total. The maximum Gasteiger partial charge on any atom is 0.306 e. The van der Waals surface area contributed by atoms with Gasteiger partial charge in [0.2, 0.25) is 0 Å². The van der Waals surface area contributed by atoms with E-state index in [1.165, 1.54) is 0 Å². The van der Waals surface area contributed by atoms with Gasteiger partial charge >= 0.3 is 5.97 Å². The van der Waals surface area contributed by atoms with Crippen molar-refractivity contribution in [3.63, 3.8) is 0 Å². The number of esters is 1. The summed E-state index contributed by atoms with van der Waals surface area (Å²) in [6, 6.07) is 0. The standard InChI is InChI=1S/C7H15NO5S/c1-7(2,8)5-13-6(9)3-4-14(10,11)12/h3-5,8H2,1-2H3,(H,10,11,12). The normalized spacial score (nSPS) is 12.6. The lowest BCUT2D eigenvalue weighted by Crippen LogP contribution is -2.38. The number of hydrogen-bond donors (Lipinski definition) is 2. The number of rotatable bonds is 5. The first-order chi connectivity index (χ1) is 6.10. The fourth-order valence-electron chi connectivity index (χ4n) is 0.551. The number of ether oxygens (including phenoxy) is 1. The predicted molar refractivity (Wildman–Crippen MR) is 50.3 cm³/mol. The summed E-state index contributed by atoms with van der Waals surface area (Å²) < 4.78 is 33.5. The largest absolute Gasteiger partial charge is 0.464 e. The van der Waals surface area contributed by atoms with Gasteiger partial charge in [-0.15, -0.1) is 0 Å². The highest BCUT2D eigenvalue weighted by atomic mass is 32.2. The Bertz CT molecular complexity index is 290. The van der Waals surface area contributed by atoms with Gasteiger partial charge in [-0.1, -0.05) is 0 Å². The van der Waals surface area contributed by atoms with Crippen LogP contribution in [0.5, 0.6) is 0 Å². The summed E-state index contributed by atoms with van der Waals surface area (Å²) in [5, 5.41) is 0. The molecular formula is C7H15NO5S. The SMILES string of the molecule is CC(C)(N)COC(=O)CCS(=O)(=O)O. The number of nitrogens with two attached hydrogens (primary N) is 1. The first kappa shape index (κ1) is 13.3. The molecule has 0 rings (SSSR count). The van der Waals surface area contributed by atoms with Crippen LogP contribution in [0, 0.1) is 0 Å². The molecule has 0 spiro atoms. The third kappa shape index (κ3) is 9.43. The Morgan fingerprint density at radius 3 is 2.36 bits per heavy atom. The Kier molecular flexibility index (Phi) is 4.50. The molecule has 0 aromatic rings. The van der Waals surface area contributed by atoms with E-state index >= 15 is 0 Å². The molecule has 0 saturated heterocycles. The van der Waals surface area contributed by atoms with Crippen molar-refractivity contribution in [3.8, 4) is 0 Å². The fourth-order valence-corrected chi connectivity index (χ4v) is 0.976. The van der Waals surface area contributed by atoms with E-state index in [0.717, 1.165) is 0 Å². The molecule has 0 unspecified atom stereocenters. The van der Waals surface area contributed by atoms with E-state index in [1.807, 2.05) is 0 Å². The molecule has 0 atom stereocenters. The van der Waals surface area contributed by atoms with E-state index in [-0.39, 0.29) is 13.0 Å². The van der Waals surface area contributed by atoms with Crippen molar-refractivity contribution < 1.29 is 22.5 Å². The molecule has 14 heavy (non-hydrogen) atoms. The van der Waals surface area contributed by atoms with Gasteiger partial charge in [-0.2, -0.15) is 8.42 Å². The van der Waals surface area contributed by atoms with E-state index in [4.69, 9.17) is 10.3 Å². The second-order valence-electron chi connectivity index (χ2n) is 3.69. The van der Waals surface area contributed by atoms with Gasteiger partial charge in [0.25, 0.3) is 10.1 Å². The van der Waals surface area contributed by atoms with Crippen LogP contribution >= 0.6 is 0 Å². The highest BCUT2D eigenvalue weighted by Gasteiger charge is 2.15. The first-order valence-corrected chi connectivity index (χ1v) is 5.61. The molecule has 0 fully saturated rings. The molecule has 0 amide bonds. The molecule has 0 radical (unpaired) electrons. The van der Waals surface area contributed by atoms with Gasteiger partial charge in [0.1, 0.15) is 6.61 Å². The van der Waals surface area contributed by atoms with Crippen molar-refractivity contribution in [2.75, 3.05) is 12.4 Å². The number of carbonyl (C=O) groups excluding carboxylic acids is 1. The molecule has 0 aliphatic heterocycles. The lowest BCUT2D eigenvalue weighted by atomic mass is 10.1. The van der Waals surface area contributed by atoms with E-state index in [1.54, 1.807) is 13.8 Å². The van der Waals surface area contributed by atoms with Crippen LogP contribution in [0.15, 0.2) is 0 Å². The van der Waals surface area contributed by atoms with Gasteiger partial charge in [0.15, 0.2) is 0 Å². The minimum Gasteiger partial charge on any atom is -0.464 e. The van der Waals surface area contributed by atoms with Gasteiger partial charge in [-0.3, -0.25) is 9.35 Å². The van der Waals surface area contributed by atoms with Gasteiger partial charge < -0.3 is 10.5 Å². The van der Waals surface area contributed by atoms with Crippen LogP contribution in [-0.2, 0) is 19.6 Å². The van der Waals surface area contributed by atoms with E-state index < -0.39 is 27.4 Å². The van der Waals surface area contributed by atoms with E-state index in [9.17, 15) is 13.2 Å². The van der Waals surface area contributed by atoms with Crippen LogP contribution in [0.3, 0.4) is 0 Å². The minimum absolute atomic E-state index is 0.0112. The molecular weight excluding hydrogens is 210 g/mol. The first-order valence-electron chi connectivity index (χ1n) is 4.00. The third-order valence-electron chi connectivity index (χ3n) is 1.17. The monoisotopic (exact) mass is 225 g/mol. The van der Waals surface area contributed by atoms with Gasteiger partial charge in [-0.05, 0) is 13.8 Å². The summed E-state index contributed by atoms with van der Waals surface area (Å²) in [6.45, 7) is 3.35. The van der Waals surface area contributed by atoms with Crippen LogP contribution in [0.4, 0.5) is 0 Å². The van der Waals surface area contributed by atoms with Crippen molar-refractivity contribution in [1.82, 2.24) is 0 Å². The average Bonchev–Trinajstić information content (AvgIpc) is 1.94. The quantitative estimate of drug-likeness (QED) is 0.484. The smallest absolute Gasteiger partial charge is 0.306 e. The molecule has 0 heterocycles. The predicted octanol–water partition coefficient (Wildman–Crippen LogP) is -0.455. The topological polar surface area (TPSA) is 107 Å². The molecule has 0 aromatic heterocycles. The average molecular weight is 225 g/mol. The molecule has 0 aromatic carbocycles. The Morgan fingerprint density at radius 1 is 1.50 bits per heavy atom. The Labute approximate surface area is 83.2 Å². The highest BCUT2D eigenvalue weighted by molar-refractivity contribution is 7.85. The molecule has 0 aliphatic rings. The number of carbonyl (C=O) groups is 1. The van der Waals surface area contributed by atoms with Crippen LogP contribution in [0.2, 0.25) is 0 Å². The zero-order valence-corrected chi connectivity index (χ0v) is 9.00. The zero-order chi connectivity index (χ0) is 11.4. The lowest BCUT2D eigenvalue weighted by Gasteiger charge is -2.17. The summed E-state index contributed by atoms with van der Waals surface area (Å²) >= 11 is 0. The second kappa shape index (κ2) is 4.72. The summed E-state index contributed by atoms with van der Waals surface area (Å²) in [7, 11) is -4.11. The maximum atomic E-state index is 10.9. The summed E-state index contributed by atoms with van der Waals surface area (Å²) in [5.41, 5.74) is 4.88. The van der Waals surface area contributed by atoms with Gasteiger partial charge in [-0.25, -0.2) is 0 Å². The summed E-state index contributed by atoms with van der Waals surface area (Å²) in [5.74, 6) is -1.32. The van der Waals surface area contributed by atoms with Crippen molar-refractivity contribution >= 4 is 16.1 Å². The van der Waals surface area contributed by atoms with Gasteiger partial charge in [0, 0.05) is 5.54 Å². The Morgan fingerprint density at radius 2 is 2.00 bits per heavy atom. The second-order valence-corrected chi connectivity index (χ2v) is 5.26. The molecule has 7 heteroatoms. The van der Waals surface area contributed by atoms with Crippen LogP contribution in [-0.4, -0.2) is 36.8 Å². The Balaban J connectivity index is 3.79. The van der Waals surface area contributed by atoms with Crippen molar-refractivity contribution in [3.05, 3.63) is 0 Å².